The number of likely N-dealkylation sites (tertiary alicyclic amines) is 1. The molecule has 0 saturated carbocycles. The number of aliphatic hydroxyl groups is 1. The number of amides is 1. The number of fused-ring (bicyclic) bond motifs is 1. The molecule has 2 fully saturated rings. The average molecular weight is 597 g/mol. The average Bonchev–Trinajstić information content (AvgIpc) is 3.44. The first-order chi connectivity index (χ1) is 21.1. The number of aromatic nitrogens is 3. The Morgan fingerprint density at radius 2 is 1.84 bits per heavy atom. The number of hydrogen-bond acceptors (Lipinski definition) is 9. The first-order valence-corrected chi connectivity index (χ1v) is 15.3. The molecule has 2 N–H and O–H groups in total. The predicted octanol–water partition coefficient (Wildman–Crippen LogP) is 6.17. The van der Waals surface area contributed by atoms with Crippen LogP contribution >= 0.6 is 0 Å². The fraction of sp³-hybridized carbons (Fsp3) is 0.412. The number of carbonyl (C=O) groups excluding carboxylic acids is 1. The molecule has 2 aliphatic heterocycles. The van der Waals surface area contributed by atoms with Crippen molar-refractivity contribution in [1.82, 2.24) is 19.9 Å². The number of nitrogens with zero attached hydrogens (tertiary/aromatic N) is 5. The number of pyridine rings is 1. The van der Waals surface area contributed by atoms with Gasteiger partial charge >= 0.3 is 6.09 Å². The molecule has 10 heteroatoms. The lowest BCUT2D eigenvalue weighted by atomic mass is 10.0. The fourth-order valence-electron chi connectivity index (χ4n) is 5.91. The number of rotatable bonds is 6. The maximum atomic E-state index is 12.7. The van der Waals surface area contributed by atoms with Crippen molar-refractivity contribution in [3.8, 4) is 22.9 Å². The van der Waals surface area contributed by atoms with Crippen LogP contribution in [0.15, 0.2) is 60.9 Å². The van der Waals surface area contributed by atoms with E-state index in [9.17, 15) is 9.90 Å². The molecule has 0 spiro atoms. The molecule has 0 bridgehead atoms. The number of benzene rings is 2. The van der Waals surface area contributed by atoms with Crippen LogP contribution < -0.4 is 15.0 Å². The van der Waals surface area contributed by atoms with Crippen molar-refractivity contribution in [3.05, 3.63) is 66.5 Å². The third-order valence-electron chi connectivity index (χ3n) is 8.00. The quantitative estimate of drug-likeness (QED) is 0.270. The molecule has 0 radical (unpaired) electrons. The van der Waals surface area contributed by atoms with E-state index in [1.54, 1.807) is 17.3 Å². The van der Waals surface area contributed by atoms with Gasteiger partial charge in [0.25, 0.3) is 0 Å². The van der Waals surface area contributed by atoms with E-state index in [0.717, 1.165) is 59.1 Å². The molecule has 6 rings (SSSR count). The minimum Gasteiger partial charge on any atom is -0.444 e. The van der Waals surface area contributed by atoms with Crippen LogP contribution in [0.5, 0.6) is 11.6 Å². The van der Waals surface area contributed by atoms with E-state index in [1.165, 1.54) is 0 Å². The minimum absolute atomic E-state index is 0.000357. The highest BCUT2D eigenvalue weighted by Crippen LogP contribution is 2.40. The van der Waals surface area contributed by atoms with E-state index in [1.807, 2.05) is 52.0 Å². The highest BCUT2D eigenvalue weighted by molar-refractivity contribution is 5.99. The molecule has 0 aliphatic carbocycles. The molecule has 10 nitrogen and oxygen atoms in total. The lowest BCUT2D eigenvalue weighted by molar-refractivity contribution is 0.0206. The van der Waals surface area contributed by atoms with E-state index in [2.05, 4.69) is 44.5 Å². The zero-order chi connectivity index (χ0) is 30.8. The Balaban J connectivity index is 1.24. The van der Waals surface area contributed by atoms with Crippen LogP contribution in [0.25, 0.3) is 22.0 Å². The van der Waals surface area contributed by atoms with Gasteiger partial charge in [0.15, 0.2) is 0 Å². The number of β-amino-alcohol motifs (C(OH)–C–C–N with tert-alkyl or cyclic N) is 1. The van der Waals surface area contributed by atoms with Gasteiger partial charge in [-0.15, -0.1) is 0 Å². The van der Waals surface area contributed by atoms with Gasteiger partial charge in [-0.25, -0.2) is 19.7 Å². The zero-order valence-electron chi connectivity index (χ0n) is 25.8. The number of nitrogens with one attached hydrogen (secondary N) is 1. The molecule has 2 aromatic carbocycles. The summed E-state index contributed by atoms with van der Waals surface area (Å²) in [4.78, 5) is 30.5. The van der Waals surface area contributed by atoms with Crippen molar-refractivity contribution in [3.63, 3.8) is 0 Å². The van der Waals surface area contributed by atoms with Gasteiger partial charge in [0, 0.05) is 61.1 Å². The first kappa shape index (κ1) is 29.6. The van der Waals surface area contributed by atoms with Crippen LogP contribution in [-0.4, -0.2) is 75.0 Å². The standard InChI is InChI=1S/C34H40N6O4/c1-22-12-13-25-26(9-5-11-29(25)39-19-15-24(41)21-39)30(22)43-31-27(10-6-16-35-31)28-14-17-36-32(38-28)37-23-8-7-18-40(20-23)33(42)44-34(2,3)4/h5-6,9-14,16-17,23-24,41H,7-8,15,18-21H2,1-4H3,(H,36,37,38)/t23-,24?/m0/s1. The van der Waals surface area contributed by atoms with Crippen molar-refractivity contribution in [2.75, 3.05) is 36.4 Å². The van der Waals surface area contributed by atoms with Gasteiger partial charge in [-0.3, -0.25) is 0 Å². The largest absolute Gasteiger partial charge is 0.444 e. The van der Waals surface area contributed by atoms with Gasteiger partial charge in [0.1, 0.15) is 11.4 Å². The Labute approximate surface area is 258 Å². The molecular weight excluding hydrogens is 556 g/mol. The Kier molecular flexibility index (Phi) is 8.27. The summed E-state index contributed by atoms with van der Waals surface area (Å²) in [5, 5.41) is 15.6. The third kappa shape index (κ3) is 6.55. The molecule has 230 valence electrons. The molecule has 4 heterocycles. The van der Waals surface area contributed by atoms with Crippen LogP contribution in [0.2, 0.25) is 0 Å². The van der Waals surface area contributed by atoms with Crippen LogP contribution in [0.4, 0.5) is 16.4 Å². The molecule has 2 saturated heterocycles. The van der Waals surface area contributed by atoms with E-state index >= 15 is 0 Å². The number of carbonyl (C=O) groups is 1. The fourth-order valence-corrected chi connectivity index (χ4v) is 5.91. The summed E-state index contributed by atoms with van der Waals surface area (Å²) in [6.45, 7) is 10.3. The van der Waals surface area contributed by atoms with Gasteiger partial charge in [0.2, 0.25) is 11.8 Å². The van der Waals surface area contributed by atoms with Crippen molar-refractivity contribution >= 4 is 28.5 Å². The maximum absolute atomic E-state index is 12.7. The van der Waals surface area contributed by atoms with Crippen molar-refractivity contribution in [2.24, 2.45) is 0 Å². The lowest BCUT2D eigenvalue weighted by Crippen LogP contribution is -2.47. The summed E-state index contributed by atoms with van der Waals surface area (Å²) in [7, 11) is 0. The third-order valence-corrected chi connectivity index (χ3v) is 8.00. The molecule has 1 amide bonds. The number of hydrogen-bond donors (Lipinski definition) is 2. The smallest absolute Gasteiger partial charge is 0.410 e. The maximum Gasteiger partial charge on any atom is 0.410 e. The SMILES string of the molecule is Cc1ccc2c(N3CCC(O)C3)cccc2c1Oc1ncccc1-c1ccnc(N[C@H]2CCCN(C(=O)OC(C)(C)C)C2)n1. The van der Waals surface area contributed by atoms with Gasteiger partial charge in [-0.1, -0.05) is 24.3 Å². The monoisotopic (exact) mass is 596 g/mol. The van der Waals surface area contributed by atoms with Gasteiger partial charge in [0.05, 0.1) is 17.4 Å². The van der Waals surface area contributed by atoms with Gasteiger partial charge in [-0.05, 0) is 76.8 Å². The lowest BCUT2D eigenvalue weighted by Gasteiger charge is -2.34. The summed E-state index contributed by atoms with van der Waals surface area (Å²) < 4.78 is 12.2. The molecule has 2 atom stereocenters. The number of piperidine rings is 1. The Bertz CT molecular complexity index is 1650. The van der Waals surface area contributed by atoms with Crippen molar-refractivity contribution < 1.29 is 19.4 Å². The first-order valence-electron chi connectivity index (χ1n) is 15.3. The van der Waals surface area contributed by atoms with E-state index in [-0.39, 0.29) is 18.2 Å². The highest BCUT2D eigenvalue weighted by atomic mass is 16.6. The molecule has 2 aromatic heterocycles. The van der Waals surface area contributed by atoms with Gasteiger partial charge in [-0.2, -0.15) is 0 Å². The predicted molar refractivity (Wildman–Crippen MR) is 171 cm³/mol. The molecule has 44 heavy (non-hydrogen) atoms. The van der Waals surface area contributed by atoms with E-state index in [0.29, 0.717) is 37.2 Å². The summed E-state index contributed by atoms with van der Waals surface area (Å²) in [6.07, 6.45) is 5.34. The van der Waals surface area contributed by atoms with Crippen molar-refractivity contribution in [1.29, 1.82) is 0 Å². The summed E-state index contributed by atoms with van der Waals surface area (Å²) in [6, 6.07) is 16.0. The Morgan fingerprint density at radius 1 is 0.977 bits per heavy atom. The van der Waals surface area contributed by atoms with Gasteiger partial charge < -0.3 is 29.7 Å². The van der Waals surface area contributed by atoms with Crippen LogP contribution in [-0.2, 0) is 4.74 Å². The second kappa shape index (κ2) is 12.3. The summed E-state index contributed by atoms with van der Waals surface area (Å²) in [5.41, 5.74) is 2.96. The highest BCUT2D eigenvalue weighted by Gasteiger charge is 2.28. The molecule has 2 aliphatic rings. The second-order valence-electron chi connectivity index (χ2n) is 12.6. The zero-order valence-corrected chi connectivity index (χ0v) is 25.8. The Hall–Kier alpha value is -4.44. The van der Waals surface area contributed by atoms with Crippen LogP contribution in [0.3, 0.4) is 0 Å². The number of aryl methyl sites for hydroxylation is 1. The number of aliphatic hydroxyl groups excluding tert-OH is 1. The Morgan fingerprint density at radius 3 is 2.64 bits per heavy atom. The summed E-state index contributed by atoms with van der Waals surface area (Å²) in [5.74, 6) is 1.66. The second-order valence-corrected chi connectivity index (χ2v) is 12.6. The van der Waals surface area contributed by atoms with E-state index < -0.39 is 5.60 Å². The molecular formula is C34H40N6O4. The van der Waals surface area contributed by atoms with Crippen LogP contribution in [0.1, 0.15) is 45.6 Å². The van der Waals surface area contributed by atoms with Crippen molar-refractivity contribution in [2.45, 2.75) is 64.7 Å². The molecule has 4 aromatic rings. The number of ether oxygens (including phenoxy) is 2. The minimum atomic E-state index is -0.539. The topological polar surface area (TPSA) is 113 Å². The van der Waals surface area contributed by atoms with E-state index in [4.69, 9.17) is 14.5 Å². The molecule has 1 unspecified atom stereocenters. The summed E-state index contributed by atoms with van der Waals surface area (Å²) >= 11 is 0. The normalized spacial score (nSPS) is 18.8. The van der Waals surface area contributed by atoms with Crippen LogP contribution in [0, 0.1) is 6.92 Å². The number of anilines is 2.